The van der Waals surface area contributed by atoms with Crippen LogP contribution in [-0.4, -0.2) is 30.6 Å². The molecule has 1 heterocycles. The minimum absolute atomic E-state index is 0.319. The topological polar surface area (TPSA) is 15.3 Å². The quantitative estimate of drug-likeness (QED) is 0.826. The highest BCUT2D eigenvalue weighted by Gasteiger charge is 2.30. The number of benzene rings is 1. The molecular formula is C17H24Cl2N2. The van der Waals surface area contributed by atoms with Gasteiger partial charge in [0.25, 0.3) is 0 Å². The maximum atomic E-state index is 6.43. The SMILES string of the molecule is CC(c1cccc(Cl)c1Cl)N(CC1CC1)CC1CCCN1. The summed E-state index contributed by atoms with van der Waals surface area (Å²) in [6.45, 7) is 5.71. The first-order chi connectivity index (χ1) is 10.1. The fourth-order valence-electron chi connectivity index (χ4n) is 3.26. The molecule has 2 atom stereocenters. The third-order valence-corrected chi connectivity index (χ3v) is 5.62. The molecule has 0 amide bonds. The van der Waals surface area contributed by atoms with E-state index < -0.39 is 0 Å². The Bertz CT molecular complexity index is 482. The van der Waals surface area contributed by atoms with Crippen LogP contribution in [0.1, 0.15) is 44.2 Å². The van der Waals surface area contributed by atoms with Gasteiger partial charge in [0.05, 0.1) is 10.0 Å². The van der Waals surface area contributed by atoms with Crippen LogP contribution in [0.2, 0.25) is 10.0 Å². The van der Waals surface area contributed by atoms with Gasteiger partial charge in [0.1, 0.15) is 0 Å². The zero-order valence-corrected chi connectivity index (χ0v) is 14.1. The highest BCUT2D eigenvalue weighted by molar-refractivity contribution is 6.42. The molecule has 0 aromatic heterocycles. The van der Waals surface area contributed by atoms with E-state index in [1.807, 2.05) is 12.1 Å². The molecule has 3 rings (SSSR count). The molecule has 1 aromatic carbocycles. The van der Waals surface area contributed by atoms with Crippen molar-refractivity contribution in [3.63, 3.8) is 0 Å². The highest BCUT2D eigenvalue weighted by atomic mass is 35.5. The summed E-state index contributed by atoms with van der Waals surface area (Å²) < 4.78 is 0. The van der Waals surface area contributed by atoms with E-state index in [9.17, 15) is 0 Å². The molecule has 21 heavy (non-hydrogen) atoms. The Morgan fingerprint density at radius 2 is 2.05 bits per heavy atom. The predicted molar refractivity (Wildman–Crippen MR) is 90.2 cm³/mol. The highest BCUT2D eigenvalue weighted by Crippen LogP contribution is 2.36. The molecule has 1 N–H and O–H groups in total. The average molecular weight is 327 g/mol. The smallest absolute Gasteiger partial charge is 0.0640 e. The van der Waals surface area contributed by atoms with E-state index in [1.165, 1.54) is 32.2 Å². The minimum Gasteiger partial charge on any atom is -0.313 e. The van der Waals surface area contributed by atoms with Gasteiger partial charge in [-0.15, -0.1) is 0 Å². The first-order valence-corrected chi connectivity index (χ1v) is 8.82. The van der Waals surface area contributed by atoms with Gasteiger partial charge in [-0.2, -0.15) is 0 Å². The van der Waals surface area contributed by atoms with Gasteiger partial charge in [-0.25, -0.2) is 0 Å². The summed E-state index contributed by atoms with van der Waals surface area (Å²) in [5, 5.41) is 4.99. The summed E-state index contributed by atoms with van der Waals surface area (Å²) in [5.74, 6) is 0.881. The standard InChI is InChI=1S/C17H24Cl2N2/c1-12(15-5-2-6-16(18)17(15)19)21(10-13-7-8-13)11-14-4-3-9-20-14/h2,5-6,12-14,20H,3-4,7-11H2,1H3. The van der Waals surface area contributed by atoms with Crippen molar-refractivity contribution >= 4 is 23.2 Å². The molecule has 2 nitrogen and oxygen atoms in total. The van der Waals surface area contributed by atoms with Crippen LogP contribution in [0.25, 0.3) is 0 Å². The van der Waals surface area contributed by atoms with Crippen molar-refractivity contribution in [2.75, 3.05) is 19.6 Å². The summed E-state index contributed by atoms with van der Waals surface area (Å²) in [7, 11) is 0. The Morgan fingerprint density at radius 3 is 2.71 bits per heavy atom. The monoisotopic (exact) mass is 326 g/mol. The molecule has 1 aliphatic carbocycles. The van der Waals surface area contributed by atoms with Gasteiger partial charge in [0.15, 0.2) is 0 Å². The van der Waals surface area contributed by atoms with Gasteiger partial charge in [0.2, 0.25) is 0 Å². The van der Waals surface area contributed by atoms with Crippen LogP contribution in [0.3, 0.4) is 0 Å². The van der Waals surface area contributed by atoms with Gasteiger partial charge < -0.3 is 5.32 Å². The Balaban J connectivity index is 1.75. The number of nitrogens with zero attached hydrogens (tertiary/aromatic N) is 1. The Morgan fingerprint density at radius 1 is 1.24 bits per heavy atom. The largest absolute Gasteiger partial charge is 0.313 e. The molecule has 0 spiro atoms. The molecule has 2 fully saturated rings. The fourth-order valence-corrected chi connectivity index (χ4v) is 3.72. The van der Waals surface area contributed by atoms with E-state index in [2.05, 4.69) is 23.2 Å². The van der Waals surface area contributed by atoms with E-state index >= 15 is 0 Å². The first-order valence-electron chi connectivity index (χ1n) is 8.06. The van der Waals surface area contributed by atoms with Crippen LogP contribution in [0.4, 0.5) is 0 Å². The Hall–Kier alpha value is -0.280. The molecule has 2 unspecified atom stereocenters. The number of rotatable bonds is 6. The van der Waals surface area contributed by atoms with E-state index in [4.69, 9.17) is 23.2 Å². The van der Waals surface area contributed by atoms with Crippen molar-refractivity contribution in [2.45, 2.75) is 44.7 Å². The molecule has 0 radical (unpaired) electrons. The lowest BCUT2D eigenvalue weighted by Gasteiger charge is -2.32. The molecule has 1 aliphatic heterocycles. The lowest BCUT2D eigenvalue weighted by molar-refractivity contribution is 0.184. The summed E-state index contributed by atoms with van der Waals surface area (Å²) >= 11 is 12.6. The lowest BCUT2D eigenvalue weighted by Crippen LogP contribution is -2.40. The molecule has 116 valence electrons. The third kappa shape index (κ3) is 3.92. The van der Waals surface area contributed by atoms with Crippen LogP contribution < -0.4 is 5.32 Å². The van der Waals surface area contributed by atoms with Gasteiger partial charge in [-0.1, -0.05) is 35.3 Å². The molecule has 1 saturated heterocycles. The summed E-state index contributed by atoms with van der Waals surface area (Å²) in [5.41, 5.74) is 1.16. The van der Waals surface area contributed by atoms with Crippen LogP contribution >= 0.6 is 23.2 Å². The second-order valence-corrected chi connectivity index (χ2v) is 7.29. The van der Waals surface area contributed by atoms with Crippen molar-refractivity contribution in [3.8, 4) is 0 Å². The average Bonchev–Trinajstić information content (AvgIpc) is 3.14. The molecule has 2 aliphatic rings. The fraction of sp³-hybridized carbons (Fsp3) is 0.647. The van der Waals surface area contributed by atoms with E-state index in [1.54, 1.807) is 0 Å². The molecular weight excluding hydrogens is 303 g/mol. The Kier molecular flexibility index (Phi) is 5.11. The number of nitrogens with one attached hydrogen (secondary N) is 1. The summed E-state index contributed by atoms with van der Waals surface area (Å²) in [4.78, 5) is 2.60. The van der Waals surface area contributed by atoms with Crippen molar-refractivity contribution in [2.24, 2.45) is 5.92 Å². The lowest BCUT2D eigenvalue weighted by atomic mass is 10.0. The van der Waals surface area contributed by atoms with Crippen molar-refractivity contribution in [1.82, 2.24) is 10.2 Å². The van der Waals surface area contributed by atoms with Crippen molar-refractivity contribution in [3.05, 3.63) is 33.8 Å². The van der Waals surface area contributed by atoms with Crippen LogP contribution in [0.15, 0.2) is 18.2 Å². The van der Waals surface area contributed by atoms with Crippen LogP contribution in [-0.2, 0) is 0 Å². The van der Waals surface area contributed by atoms with Crippen LogP contribution in [0.5, 0.6) is 0 Å². The zero-order chi connectivity index (χ0) is 14.8. The van der Waals surface area contributed by atoms with Crippen molar-refractivity contribution < 1.29 is 0 Å². The second kappa shape index (κ2) is 6.87. The number of hydrogen-bond acceptors (Lipinski definition) is 2. The predicted octanol–water partition coefficient (Wildman–Crippen LogP) is 4.52. The molecule has 1 saturated carbocycles. The zero-order valence-electron chi connectivity index (χ0n) is 12.6. The van der Waals surface area contributed by atoms with Crippen LogP contribution in [0, 0.1) is 5.92 Å². The van der Waals surface area contributed by atoms with Gasteiger partial charge in [0, 0.05) is 25.2 Å². The van der Waals surface area contributed by atoms with Gasteiger partial charge in [-0.3, -0.25) is 4.90 Å². The van der Waals surface area contributed by atoms with Gasteiger partial charge in [-0.05, 0) is 56.7 Å². The van der Waals surface area contributed by atoms with Crippen molar-refractivity contribution in [1.29, 1.82) is 0 Å². The number of hydrogen-bond donors (Lipinski definition) is 1. The molecule has 4 heteroatoms. The summed E-state index contributed by atoms with van der Waals surface area (Å²) in [6.07, 6.45) is 5.35. The van der Waals surface area contributed by atoms with E-state index in [-0.39, 0.29) is 0 Å². The third-order valence-electron chi connectivity index (χ3n) is 4.79. The first kappa shape index (κ1) is 15.6. The molecule has 1 aromatic rings. The molecule has 0 bridgehead atoms. The maximum Gasteiger partial charge on any atom is 0.0640 e. The minimum atomic E-state index is 0.319. The normalized spacial score (nSPS) is 23.7. The Labute approximate surface area is 137 Å². The number of halogens is 2. The summed E-state index contributed by atoms with van der Waals surface area (Å²) in [6, 6.07) is 6.93. The van der Waals surface area contributed by atoms with Gasteiger partial charge >= 0.3 is 0 Å². The maximum absolute atomic E-state index is 6.43. The second-order valence-electron chi connectivity index (χ2n) is 6.51. The van der Waals surface area contributed by atoms with E-state index in [0.717, 1.165) is 24.6 Å². The van der Waals surface area contributed by atoms with E-state index in [0.29, 0.717) is 22.1 Å².